The number of rotatable bonds is 3. The first-order valence-electron chi connectivity index (χ1n) is 9.71. The van der Waals surface area contributed by atoms with Gasteiger partial charge in [-0.2, -0.15) is 5.10 Å². The Balaban J connectivity index is 1.37. The summed E-state index contributed by atoms with van der Waals surface area (Å²) in [7, 11) is 0. The topological polar surface area (TPSA) is 76.5 Å². The summed E-state index contributed by atoms with van der Waals surface area (Å²) in [6, 6.07) is 9.77. The van der Waals surface area contributed by atoms with Gasteiger partial charge in [0.15, 0.2) is 11.5 Å². The summed E-state index contributed by atoms with van der Waals surface area (Å²) in [4.78, 5) is 23.5. The molecule has 7 nitrogen and oxygen atoms in total. The van der Waals surface area contributed by atoms with Crippen molar-refractivity contribution >= 4 is 11.6 Å². The van der Waals surface area contributed by atoms with Crippen LogP contribution in [-0.2, 0) is 0 Å². The molecule has 0 N–H and O–H groups in total. The van der Waals surface area contributed by atoms with Crippen molar-refractivity contribution in [3.8, 4) is 11.1 Å². The second-order valence-electron chi connectivity index (χ2n) is 7.49. The van der Waals surface area contributed by atoms with Crippen LogP contribution in [0.5, 0.6) is 0 Å². The highest BCUT2D eigenvalue weighted by Gasteiger charge is 2.31. The molecule has 0 spiro atoms. The number of amides is 1. The largest absolute Gasteiger partial charge is 0.466 e. The molecule has 1 amide bonds. The predicted octanol–water partition coefficient (Wildman–Crippen LogP) is 3.63. The van der Waals surface area contributed by atoms with Gasteiger partial charge in [0.05, 0.1) is 5.56 Å². The second-order valence-corrected chi connectivity index (χ2v) is 7.49. The Hall–Kier alpha value is -3.48. The number of furan rings is 1. The molecule has 0 aliphatic carbocycles. The van der Waals surface area contributed by atoms with E-state index in [9.17, 15) is 4.79 Å². The molecule has 146 valence electrons. The third kappa shape index (κ3) is 3.18. The van der Waals surface area contributed by atoms with Gasteiger partial charge < -0.3 is 9.32 Å². The van der Waals surface area contributed by atoms with Crippen LogP contribution in [0.1, 0.15) is 40.0 Å². The Morgan fingerprint density at radius 1 is 1.14 bits per heavy atom. The second kappa shape index (κ2) is 6.84. The van der Waals surface area contributed by atoms with E-state index in [0.29, 0.717) is 24.4 Å². The van der Waals surface area contributed by atoms with Crippen LogP contribution in [0.4, 0.5) is 0 Å². The van der Waals surface area contributed by atoms with Crippen LogP contribution in [0.2, 0.25) is 0 Å². The van der Waals surface area contributed by atoms with E-state index in [2.05, 4.69) is 4.98 Å². The summed E-state index contributed by atoms with van der Waals surface area (Å²) in [6.07, 6.45) is 6.39. The van der Waals surface area contributed by atoms with Crippen molar-refractivity contribution in [1.29, 1.82) is 0 Å². The normalized spacial score (nSPS) is 16.6. The smallest absolute Gasteiger partial charge is 0.257 e. The van der Waals surface area contributed by atoms with E-state index in [1.807, 2.05) is 59.8 Å². The number of aromatic nitrogens is 4. The molecular formula is C22H21N5O2. The zero-order valence-corrected chi connectivity index (χ0v) is 16.4. The van der Waals surface area contributed by atoms with Crippen molar-refractivity contribution < 1.29 is 9.21 Å². The number of likely N-dealkylation sites (tertiary alicyclic amines) is 1. The maximum atomic E-state index is 12.8. The number of carbonyl (C=O) groups excluding carboxylic acids is 1. The highest BCUT2D eigenvalue weighted by atomic mass is 16.3. The summed E-state index contributed by atoms with van der Waals surface area (Å²) < 4.78 is 7.33. The van der Waals surface area contributed by atoms with Gasteiger partial charge in [-0.3, -0.25) is 9.78 Å². The number of hydrogen-bond donors (Lipinski definition) is 0. The Labute approximate surface area is 168 Å². The Morgan fingerprint density at radius 3 is 2.72 bits per heavy atom. The lowest BCUT2D eigenvalue weighted by Crippen LogP contribution is -2.28. The van der Waals surface area contributed by atoms with Gasteiger partial charge in [-0.15, -0.1) is 0 Å². The Morgan fingerprint density at radius 2 is 1.97 bits per heavy atom. The highest BCUT2D eigenvalue weighted by Crippen LogP contribution is 2.28. The van der Waals surface area contributed by atoms with Gasteiger partial charge in [0.1, 0.15) is 11.5 Å². The minimum Gasteiger partial charge on any atom is -0.466 e. The van der Waals surface area contributed by atoms with Gasteiger partial charge >= 0.3 is 0 Å². The van der Waals surface area contributed by atoms with Gasteiger partial charge in [0.2, 0.25) is 0 Å². The maximum absolute atomic E-state index is 12.8. The van der Waals surface area contributed by atoms with Crippen LogP contribution >= 0.6 is 0 Å². The summed E-state index contributed by atoms with van der Waals surface area (Å²) in [5.74, 6) is 2.37. The van der Waals surface area contributed by atoms with E-state index in [1.54, 1.807) is 12.4 Å². The maximum Gasteiger partial charge on any atom is 0.257 e. The average molecular weight is 387 g/mol. The van der Waals surface area contributed by atoms with Crippen molar-refractivity contribution in [2.45, 2.75) is 26.2 Å². The first kappa shape index (κ1) is 17.6. The Kier molecular flexibility index (Phi) is 4.16. The quantitative estimate of drug-likeness (QED) is 0.536. The lowest BCUT2D eigenvalue weighted by molar-refractivity contribution is 0.0789. The monoisotopic (exact) mass is 387 g/mol. The van der Waals surface area contributed by atoms with Gasteiger partial charge in [0, 0.05) is 43.2 Å². The molecule has 1 aliphatic heterocycles. The molecule has 0 saturated carbocycles. The van der Waals surface area contributed by atoms with E-state index in [4.69, 9.17) is 14.5 Å². The highest BCUT2D eigenvalue weighted by molar-refractivity contribution is 5.95. The van der Waals surface area contributed by atoms with Crippen LogP contribution in [-0.4, -0.2) is 43.5 Å². The lowest BCUT2D eigenvalue weighted by atomic mass is 10.1. The number of nitrogens with zero attached hydrogens (tertiary/aromatic N) is 5. The average Bonchev–Trinajstić information content (AvgIpc) is 3.45. The van der Waals surface area contributed by atoms with Gasteiger partial charge in [-0.1, -0.05) is 0 Å². The molecule has 0 radical (unpaired) electrons. The van der Waals surface area contributed by atoms with E-state index < -0.39 is 0 Å². The summed E-state index contributed by atoms with van der Waals surface area (Å²) in [5, 5.41) is 4.70. The summed E-state index contributed by atoms with van der Waals surface area (Å²) in [6.45, 7) is 5.01. The van der Waals surface area contributed by atoms with Crippen molar-refractivity contribution in [1.82, 2.24) is 24.5 Å². The zero-order valence-electron chi connectivity index (χ0n) is 16.4. The van der Waals surface area contributed by atoms with E-state index >= 15 is 0 Å². The van der Waals surface area contributed by atoms with E-state index in [-0.39, 0.29) is 11.8 Å². The van der Waals surface area contributed by atoms with E-state index in [1.165, 1.54) is 0 Å². The summed E-state index contributed by atoms with van der Waals surface area (Å²) in [5.41, 5.74) is 3.60. The number of aryl methyl sites for hydroxylation is 2. The van der Waals surface area contributed by atoms with E-state index in [0.717, 1.165) is 34.8 Å². The molecule has 0 aromatic carbocycles. The van der Waals surface area contributed by atoms with Crippen LogP contribution < -0.4 is 0 Å². The van der Waals surface area contributed by atoms with Crippen molar-refractivity contribution in [2.24, 2.45) is 0 Å². The van der Waals surface area contributed by atoms with Crippen LogP contribution in [0.25, 0.3) is 16.8 Å². The molecule has 5 heterocycles. The number of carbonyl (C=O) groups is 1. The van der Waals surface area contributed by atoms with Crippen molar-refractivity contribution in [3.63, 3.8) is 0 Å². The first-order chi connectivity index (χ1) is 14.1. The summed E-state index contributed by atoms with van der Waals surface area (Å²) >= 11 is 0. The van der Waals surface area contributed by atoms with Gasteiger partial charge in [-0.25, -0.2) is 9.50 Å². The van der Waals surface area contributed by atoms with Gasteiger partial charge in [0.25, 0.3) is 5.91 Å². The van der Waals surface area contributed by atoms with Gasteiger partial charge in [-0.05, 0) is 56.2 Å². The molecular weight excluding hydrogens is 366 g/mol. The zero-order chi connectivity index (χ0) is 20.0. The first-order valence-corrected chi connectivity index (χ1v) is 9.71. The fraction of sp³-hybridized carbons (Fsp3) is 0.273. The molecule has 1 saturated heterocycles. The fourth-order valence-corrected chi connectivity index (χ4v) is 3.96. The standard InChI is InChI=1S/C22H21N5O2/c1-14-11-19(15(2)29-14)22(28)26-10-7-18(12-26)21-24-20-4-3-17(13-27(20)25-21)16-5-8-23-9-6-16/h3-6,8-9,11,13,18H,7,10,12H2,1-2H3/t18-/m1/s1. The van der Waals surface area contributed by atoms with Crippen LogP contribution in [0, 0.1) is 13.8 Å². The molecule has 5 rings (SSSR count). The number of pyridine rings is 2. The number of hydrogen-bond acceptors (Lipinski definition) is 5. The molecule has 29 heavy (non-hydrogen) atoms. The van der Waals surface area contributed by atoms with Crippen LogP contribution in [0.15, 0.2) is 53.3 Å². The molecule has 1 atom stereocenters. The Bertz CT molecular complexity index is 1190. The fourth-order valence-electron chi connectivity index (χ4n) is 3.96. The molecule has 1 fully saturated rings. The SMILES string of the molecule is Cc1cc(C(=O)N2CC[C@@H](c3nc4ccc(-c5ccncc5)cn4n3)C2)c(C)o1. The molecule has 1 aliphatic rings. The molecule has 0 unspecified atom stereocenters. The van der Waals surface area contributed by atoms with Crippen molar-refractivity contribution in [3.05, 3.63) is 71.8 Å². The third-order valence-electron chi connectivity index (χ3n) is 5.47. The van der Waals surface area contributed by atoms with Crippen molar-refractivity contribution in [2.75, 3.05) is 13.1 Å². The van der Waals surface area contributed by atoms with Crippen LogP contribution in [0.3, 0.4) is 0 Å². The third-order valence-corrected chi connectivity index (χ3v) is 5.47. The molecule has 4 aromatic heterocycles. The molecule has 0 bridgehead atoms. The lowest BCUT2D eigenvalue weighted by Gasteiger charge is -2.15. The minimum absolute atomic E-state index is 0.0191. The molecule has 7 heteroatoms. The predicted molar refractivity (Wildman–Crippen MR) is 108 cm³/mol. The molecule has 4 aromatic rings. The minimum atomic E-state index is 0.0191. The number of fused-ring (bicyclic) bond motifs is 1.